The molecule has 0 radical (unpaired) electrons. The van der Waals surface area contributed by atoms with Gasteiger partial charge in [0.05, 0.1) is 12.2 Å². The standard InChI is InChI=1S/C24H30N2O5/c1-5-16(3)18-11-13-19(14-12-18)26-23(28)17(4)31-22(27)15-25-24(29)20-9-7-8-10-21(20)30-6-2/h7-14,16-17H,5-6,15H2,1-4H3,(H,25,29)(H,26,28)/t16-,17-/m1/s1. The highest BCUT2D eigenvalue weighted by atomic mass is 16.5. The maximum Gasteiger partial charge on any atom is 0.326 e. The minimum atomic E-state index is -1.01. The van der Waals surface area contributed by atoms with Crippen LogP contribution >= 0.6 is 0 Å². The molecule has 0 fully saturated rings. The van der Waals surface area contributed by atoms with E-state index in [1.165, 1.54) is 12.5 Å². The molecule has 31 heavy (non-hydrogen) atoms. The van der Waals surface area contributed by atoms with E-state index in [2.05, 4.69) is 24.5 Å². The molecule has 7 heteroatoms. The van der Waals surface area contributed by atoms with Crippen LogP contribution in [0.1, 0.15) is 56.0 Å². The van der Waals surface area contributed by atoms with Gasteiger partial charge in [-0.1, -0.05) is 38.1 Å². The van der Waals surface area contributed by atoms with Crippen LogP contribution in [0.3, 0.4) is 0 Å². The summed E-state index contributed by atoms with van der Waals surface area (Å²) >= 11 is 0. The van der Waals surface area contributed by atoms with Gasteiger partial charge in [-0.25, -0.2) is 0 Å². The summed E-state index contributed by atoms with van der Waals surface area (Å²) in [6.45, 7) is 7.62. The molecule has 2 rings (SSSR count). The predicted molar refractivity (Wildman–Crippen MR) is 119 cm³/mol. The lowest BCUT2D eigenvalue weighted by atomic mass is 9.99. The van der Waals surface area contributed by atoms with E-state index in [0.717, 1.165) is 6.42 Å². The first kappa shape index (κ1) is 23.9. The largest absolute Gasteiger partial charge is 0.493 e. The van der Waals surface area contributed by atoms with Crippen molar-refractivity contribution in [3.8, 4) is 5.75 Å². The fourth-order valence-corrected chi connectivity index (χ4v) is 2.85. The van der Waals surface area contributed by atoms with Gasteiger partial charge in [-0.15, -0.1) is 0 Å². The molecule has 0 saturated heterocycles. The summed E-state index contributed by atoms with van der Waals surface area (Å²) in [7, 11) is 0. The number of hydrogen-bond acceptors (Lipinski definition) is 5. The molecule has 2 aromatic carbocycles. The first-order chi connectivity index (χ1) is 14.8. The number of benzene rings is 2. The third kappa shape index (κ3) is 7.13. The van der Waals surface area contributed by atoms with Gasteiger partial charge in [-0.05, 0) is 56.0 Å². The fraction of sp³-hybridized carbons (Fsp3) is 0.375. The van der Waals surface area contributed by atoms with Crippen LogP contribution in [0, 0.1) is 0 Å². The van der Waals surface area contributed by atoms with Gasteiger partial charge in [0.15, 0.2) is 6.10 Å². The number of carbonyl (C=O) groups is 3. The van der Waals surface area contributed by atoms with E-state index in [4.69, 9.17) is 9.47 Å². The van der Waals surface area contributed by atoms with Crippen LogP contribution in [-0.2, 0) is 14.3 Å². The van der Waals surface area contributed by atoms with Gasteiger partial charge in [0.25, 0.3) is 11.8 Å². The fourth-order valence-electron chi connectivity index (χ4n) is 2.85. The molecule has 0 saturated carbocycles. The van der Waals surface area contributed by atoms with Crippen LogP contribution in [0.2, 0.25) is 0 Å². The normalized spacial score (nSPS) is 12.4. The lowest BCUT2D eigenvalue weighted by Crippen LogP contribution is -2.36. The second-order valence-corrected chi connectivity index (χ2v) is 7.16. The number of carbonyl (C=O) groups excluding carboxylic acids is 3. The molecule has 2 N–H and O–H groups in total. The summed E-state index contributed by atoms with van der Waals surface area (Å²) in [6.07, 6.45) is 0.0289. The monoisotopic (exact) mass is 426 g/mol. The molecular formula is C24H30N2O5. The van der Waals surface area contributed by atoms with Crippen LogP contribution in [0.5, 0.6) is 5.75 Å². The molecule has 0 spiro atoms. The van der Waals surface area contributed by atoms with Crippen molar-refractivity contribution in [2.45, 2.75) is 46.1 Å². The lowest BCUT2D eigenvalue weighted by molar-refractivity contribution is -0.152. The first-order valence-electron chi connectivity index (χ1n) is 10.5. The second kappa shape index (κ2) is 11.7. The number of anilines is 1. The van der Waals surface area contributed by atoms with Crippen molar-refractivity contribution in [3.05, 3.63) is 59.7 Å². The quantitative estimate of drug-likeness (QED) is 0.562. The number of hydrogen-bond donors (Lipinski definition) is 2. The van der Waals surface area contributed by atoms with Crippen LogP contribution in [0.4, 0.5) is 5.69 Å². The van der Waals surface area contributed by atoms with Gasteiger partial charge in [0.1, 0.15) is 12.3 Å². The molecule has 7 nitrogen and oxygen atoms in total. The number of esters is 1. The Hall–Kier alpha value is -3.35. The Bertz CT molecular complexity index is 895. The zero-order valence-corrected chi connectivity index (χ0v) is 18.4. The smallest absolute Gasteiger partial charge is 0.326 e. The van der Waals surface area contributed by atoms with Gasteiger partial charge in [-0.3, -0.25) is 14.4 Å². The van der Waals surface area contributed by atoms with E-state index in [1.807, 2.05) is 31.2 Å². The number of nitrogens with one attached hydrogen (secondary N) is 2. The van der Waals surface area contributed by atoms with E-state index in [0.29, 0.717) is 29.5 Å². The predicted octanol–water partition coefficient (Wildman–Crippen LogP) is 3.90. The maximum absolute atomic E-state index is 12.3. The van der Waals surface area contributed by atoms with E-state index in [-0.39, 0.29) is 6.54 Å². The second-order valence-electron chi connectivity index (χ2n) is 7.16. The number of amides is 2. The Balaban J connectivity index is 1.83. The SMILES string of the molecule is CCOc1ccccc1C(=O)NCC(=O)O[C@H](C)C(=O)Nc1ccc([C@H](C)CC)cc1. The Labute approximate surface area is 183 Å². The molecule has 0 aliphatic rings. The van der Waals surface area contributed by atoms with E-state index in [9.17, 15) is 14.4 Å². The van der Waals surface area contributed by atoms with Crippen LogP contribution in [-0.4, -0.2) is 37.0 Å². The van der Waals surface area contributed by atoms with Gasteiger partial charge in [0.2, 0.25) is 0 Å². The Morgan fingerprint density at radius 3 is 2.29 bits per heavy atom. The van der Waals surface area contributed by atoms with E-state index >= 15 is 0 Å². The van der Waals surface area contributed by atoms with Crippen molar-refractivity contribution < 1.29 is 23.9 Å². The highest BCUT2D eigenvalue weighted by molar-refractivity contribution is 5.99. The summed E-state index contributed by atoms with van der Waals surface area (Å²) in [5, 5.41) is 5.21. The third-order valence-corrected chi connectivity index (χ3v) is 4.86. The van der Waals surface area contributed by atoms with Crippen LogP contribution in [0.15, 0.2) is 48.5 Å². The van der Waals surface area contributed by atoms with Crippen molar-refractivity contribution in [2.24, 2.45) is 0 Å². The zero-order valence-electron chi connectivity index (χ0n) is 18.4. The van der Waals surface area contributed by atoms with Crippen molar-refractivity contribution >= 4 is 23.5 Å². The minimum absolute atomic E-state index is 0.323. The van der Waals surface area contributed by atoms with Crippen LogP contribution in [0.25, 0.3) is 0 Å². The van der Waals surface area contributed by atoms with Crippen molar-refractivity contribution in [1.82, 2.24) is 5.32 Å². The molecule has 0 aliphatic heterocycles. The minimum Gasteiger partial charge on any atom is -0.493 e. The first-order valence-corrected chi connectivity index (χ1v) is 10.5. The van der Waals surface area contributed by atoms with Gasteiger partial charge in [-0.2, -0.15) is 0 Å². The van der Waals surface area contributed by atoms with Gasteiger partial charge in [0, 0.05) is 5.69 Å². The molecule has 0 aromatic heterocycles. The Morgan fingerprint density at radius 1 is 0.968 bits per heavy atom. The van der Waals surface area contributed by atoms with E-state index in [1.54, 1.807) is 24.3 Å². The molecule has 2 aromatic rings. The Morgan fingerprint density at radius 2 is 1.65 bits per heavy atom. The average Bonchev–Trinajstić information content (AvgIpc) is 2.78. The highest BCUT2D eigenvalue weighted by Gasteiger charge is 2.19. The average molecular weight is 427 g/mol. The topological polar surface area (TPSA) is 93.7 Å². The molecule has 2 atom stereocenters. The molecular weight excluding hydrogens is 396 g/mol. The Kier molecular flexibility index (Phi) is 9.06. The molecule has 2 amide bonds. The molecule has 0 bridgehead atoms. The van der Waals surface area contributed by atoms with Crippen molar-refractivity contribution in [1.29, 1.82) is 0 Å². The summed E-state index contributed by atoms with van der Waals surface area (Å²) < 4.78 is 10.5. The van der Waals surface area contributed by atoms with Gasteiger partial charge < -0.3 is 20.1 Å². The van der Waals surface area contributed by atoms with Crippen molar-refractivity contribution in [3.63, 3.8) is 0 Å². The van der Waals surface area contributed by atoms with Gasteiger partial charge >= 0.3 is 5.97 Å². The highest BCUT2D eigenvalue weighted by Crippen LogP contribution is 2.20. The molecule has 0 unspecified atom stereocenters. The maximum atomic E-state index is 12.3. The summed E-state index contributed by atoms with van der Waals surface area (Å²) in [4.78, 5) is 36.7. The summed E-state index contributed by atoms with van der Waals surface area (Å²) in [6, 6.07) is 14.3. The lowest BCUT2D eigenvalue weighted by Gasteiger charge is -2.15. The zero-order chi connectivity index (χ0) is 22.8. The number of ether oxygens (including phenoxy) is 2. The summed E-state index contributed by atoms with van der Waals surface area (Å²) in [5.74, 6) is -0.738. The van der Waals surface area contributed by atoms with Crippen LogP contribution < -0.4 is 15.4 Å². The van der Waals surface area contributed by atoms with E-state index < -0.39 is 23.9 Å². The summed E-state index contributed by atoms with van der Waals surface area (Å²) in [5.41, 5.74) is 2.14. The van der Waals surface area contributed by atoms with Crippen molar-refractivity contribution in [2.75, 3.05) is 18.5 Å². The number of para-hydroxylation sites is 1. The molecule has 166 valence electrons. The third-order valence-electron chi connectivity index (χ3n) is 4.86. The molecule has 0 heterocycles. The molecule has 0 aliphatic carbocycles. The number of rotatable bonds is 10.